The monoisotopic (exact) mass is 339 g/mol. The molecule has 0 spiro atoms. The Hall–Kier alpha value is -2.21. The van der Waals surface area contributed by atoms with Crippen LogP contribution in [0.15, 0.2) is 36.5 Å². The van der Waals surface area contributed by atoms with Crippen LogP contribution in [0.4, 0.5) is 5.13 Å². The number of hydrogen-bond donors (Lipinski definition) is 1. The molecule has 124 valence electrons. The van der Waals surface area contributed by atoms with Gasteiger partial charge in [-0.1, -0.05) is 32.0 Å². The molecule has 0 radical (unpaired) electrons. The van der Waals surface area contributed by atoms with Crippen molar-refractivity contribution in [3.05, 3.63) is 53.6 Å². The van der Waals surface area contributed by atoms with E-state index < -0.39 is 0 Å². The predicted molar refractivity (Wildman–Crippen MR) is 96.9 cm³/mol. The van der Waals surface area contributed by atoms with Gasteiger partial charge in [0.25, 0.3) is 0 Å². The minimum absolute atomic E-state index is 0.378. The predicted octanol–water partition coefficient (Wildman–Crippen LogP) is 4.34. The highest BCUT2D eigenvalue weighted by atomic mass is 32.1. The van der Waals surface area contributed by atoms with Gasteiger partial charge >= 0.3 is 0 Å². The van der Waals surface area contributed by atoms with Crippen LogP contribution < -0.4 is 5.32 Å². The summed E-state index contributed by atoms with van der Waals surface area (Å²) in [7, 11) is 0. The largest absolute Gasteiger partial charge is 0.356 e. The number of hydrogen-bond acceptors (Lipinski definition) is 5. The van der Waals surface area contributed by atoms with Crippen molar-refractivity contribution >= 4 is 16.7 Å². The lowest BCUT2D eigenvalue weighted by molar-refractivity contribution is 0.763. The molecular weight excluding hydrogens is 318 g/mol. The minimum atomic E-state index is 0.378. The summed E-state index contributed by atoms with van der Waals surface area (Å²) in [6.07, 6.45) is 4.58. The van der Waals surface area contributed by atoms with Crippen LogP contribution in [0.5, 0.6) is 0 Å². The van der Waals surface area contributed by atoms with E-state index >= 15 is 0 Å². The molecule has 5 nitrogen and oxygen atoms in total. The summed E-state index contributed by atoms with van der Waals surface area (Å²) in [5, 5.41) is 9.10. The van der Waals surface area contributed by atoms with Crippen molar-refractivity contribution in [1.82, 2.24) is 19.1 Å². The second-order valence-electron chi connectivity index (χ2n) is 6.56. The second kappa shape index (κ2) is 6.36. The highest BCUT2D eigenvalue weighted by Crippen LogP contribution is 2.39. The highest BCUT2D eigenvalue weighted by molar-refractivity contribution is 7.09. The number of anilines is 1. The fraction of sp³-hybridized carbons (Fsp3) is 0.389. The summed E-state index contributed by atoms with van der Waals surface area (Å²) in [5.41, 5.74) is 3.41. The molecule has 0 amide bonds. The minimum Gasteiger partial charge on any atom is -0.356 e. The van der Waals surface area contributed by atoms with Crippen molar-refractivity contribution < 1.29 is 0 Å². The molecule has 1 N–H and O–H groups in total. The van der Waals surface area contributed by atoms with E-state index in [1.165, 1.54) is 29.9 Å². The molecule has 1 aliphatic rings. The molecule has 0 atom stereocenters. The van der Waals surface area contributed by atoms with E-state index in [1.807, 2.05) is 22.9 Å². The fourth-order valence-corrected chi connectivity index (χ4v) is 3.38. The zero-order valence-electron chi connectivity index (χ0n) is 13.9. The number of para-hydroxylation sites is 1. The van der Waals surface area contributed by atoms with Crippen LogP contribution in [0.3, 0.4) is 0 Å². The highest BCUT2D eigenvalue weighted by Gasteiger charge is 2.27. The maximum atomic E-state index is 4.78. The van der Waals surface area contributed by atoms with Crippen LogP contribution in [-0.2, 0) is 6.54 Å². The normalized spacial score (nSPS) is 14.3. The molecule has 1 aromatic carbocycles. The van der Waals surface area contributed by atoms with E-state index in [1.54, 1.807) is 0 Å². The van der Waals surface area contributed by atoms with Crippen LogP contribution in [0, 0.1) is 0 Å². The summed E-state index contributed by atoms with van der Waals surface area (Å²) in [6.45, 7) is 5.08. The Morgan fingerprint density at radius 2 is 2.04 bits per heavy atom. The molecule has 1 saturated carbocycles. The van der Waals surface area contributed by atoms with Crippen LogP contribution in [0.25, 0.3) is 5.69 Å². The van der Waals surface area contributed by atoms with Crippen molar-refractivity contribution in [3.63, 3.8) is 0 Å². The third-order valence-corrected chi connectivity index (χ3v) is 4.89. The maximum Gasteiger partial charge on any atom is 0.202 e. The molecular formula is C18H21N5S. The Morgan fingerprint density at radius 1 is 1.25 bits per heavy atom. The molecule has 0 bridgehead atoms. The first-order valence-corrected chi connectivity index (χ1v) is 9.19. The van der Waals surface area contributed by atoms with Crippen LogP contribution >= 0.6 is 11.5 Å². The lowest BCUT2D eigenvalue weighted by Gasteiger charge is -2.05. The van der Waals surface area contributed by atoms with Crippen molar-refractivity contribution in [2.45, 2.75) is 45.1 Å². The van der Waals surface area contributed by atoms with E-state index in [0.717, 1.165) is 28.9 Å². The Kier molecular flexibility index (Phi) is 4.06. The topological polar surface area (TPSA) is 55.6 Å². The number of nitrogens with zero attached hydrogens (tertiary/aromatic N) is 4. The van der Waals surface area contributed by atoms with E-state index in [2.05, 4.69) is 46.9 Å². The molecule has 0 saturated heterocycles. The van der Waals surface area contributed by atoms with Gasteiger partial charge in [-0.2, -0.15) is 9.47 Å². The fourth-order valence-electron chi connectivity index (χ4n) is 2.74. The van der Waals surface area contributed by atoms with Gasteiger partial charge in [0.2, 0.25) is 5.13 Å². The zero-order valence-corrected chi connectivity index (χ0v) is 14.8. The smallest absolute Gasteiger partial charge is 0.202 e. The molecule has 1 fully saturated rings. The van der Waals surface area contributed by atoms with Crippen LogP contribution in [0.1, 0.15) is 55.6 Å². The summed E-state index contributed by atoms with van der Waals surface area (Å²) >= 11 is 1.46. The average Bonchev–Trinajstić information content (AvgIpc) is 3.18. The van der Waals surface area contributed by atoms with Crippen LogP contribution in [-0.4, -0.2) is 19.1 Å². The lowest BCUT2D eigenvalue weighted by Crippen LogP contribution is -2.02. The molecule has 2 heterocycles. The van der Waals surface area contributed by atoms with Gasteiger partial charge in [0.05, 0.1) is 11.4 Å². The van der Waals surface area contributed by atoms with Crippen molar-refractivity contribution in [2.24, 2.45) is 0 Å². The standard InChI is InChI=1S/C18H21N5S/c1-12(2)16-14(11-23(21-16)15-6-4-3-5-7-15)10-19-18-20-17(22-24-18)13-8-9-13/h3-7,11-13H,8-10H2,1-2H3,(H,19,20,22). The summed E-state index contributed by atoms with van der Waals surface area (Å²) in [5.74, 6) is 1.98. The molecule has 0 unspecified atom stereocenters. The van der Waals surface area contributed by atoms with Gasteiger partial charge in [0.15, 0.2) is 0 Å². The maximum absolute atomic E-state index is 4.78. The first-order valence-electron chi connectivity index (χ1n) is 8.42. The Balaban J connectivity index is 1.53. The van der Waals surface area contributed by atoms with Gasteiger partial charge in [-0.15, -0.1) is 0 Å². The third-order valence-electron chi connectivity index (χ3n) is 4.20. The quantitative estimate of drug-likeness (QED) is 0.726. The summed E-state index contributed by atoms with van der Waals surface area (Å²) in [6, 6.07) is 10.2. The van der Waals surface area contributed by atoms with Crippen molar-refractivity contribution in [3.8, 4) is 5.69 Å². The van der Waals surface area contributed by atoms with Gasteiger partial charge in [0.1, 0.15) is 5.82 Å². The molecule has 4 rings (SSSR count). The van der Waals surface area contributed by atoms with Gasteiger partial charge in [-0.25, -0.2) is 9.67 Å². The van der Waals surface area contributed by atoms with E-state index in [9.17, 15) is 0 Å². The molecule has 0 aliphatic heterocycles. The molecule has 2 aromatic heterocycles. The second-order valence-corrected chi connectivity index (χ2v) is 7.31. The first-order chi connectivity index (χ1) is 11.7. The van der Waals surface area contributed by atoms with Crippen molar-refractivity contribution in [2.75, 3.05) is 5.32 Å². The molecule has 1 aliphatic carbocycles. The van der Waals surface area contributed by atoms with E-state index in [4.69, 9.17) is 5.10 Å². The third kappa shape index (κ3) is 3.19. The molecule has 3 aromatic rings. The van der Waals surface area contributed by atoms with Crippen molar-refractivity contribution in [1.29, 1.82) is 0 Å². The number of benzene rings is 1. The lowest BCUT2D eigenvalue weighted by atomic mass is 10.1. The number of nitrogens with one attached hydrogen (secondary N) is 1. The Morgan fingerprint density at radius 3 is 2.75 bits per heavy atom. The molecule has 6 heteroatoms. The van der Waals surface area contributed by atoms with Gasteiger partial charge in [-0.05, 0) is 30.9 Å². The van der Waals surface area contributed by atoms with Gasteiger partial charge < -0.3 is 5.32 Å². The summed E-state index contributed by atoms with van der Waals surface area (Å²) in [4.78, 5) is 4.60. The van der Waals surface area contributed by atoms with E-state index in [0.29, 0.717) is 11.8 Å². The van der Waals surface area contributed by atoms with Gasteiger partial charge in [0, 0.05) is 35.8 Å². The zero-order chi connectivity index (χ0) is 16.5. The van der Waals surface area contributed by atoms with E-state index in [-0.39, 0.29) is 0 Å². The first kappa shape index (κ1) is 15.3. The van der Waals surface area contributed by atoms with Crippen LogP contribution in [0.2, 0.25) is 0 Å². The Labute approximate surface area is 145 Å². The number of aromatic nitrogens is 4. The SMILES string of the molecule is CC(C)c1nn(-c2ccccc2)cc1CNc1nc(C2CC2)ns1. The number of rotatable bonds is 6. The Bertz CT molecular complexity index is 817. The van der Waals surface area contributed by atoms with Gasteiger partial charge in [-0.3, -0.25) is 0 Å². The summed E-state index contributed by atoms with van der Waals surface area (Å²) < 4.78 is 6.41. The average molecular weight is 339 g/mol. The molecule has 24 heavy (non-hydrogen) atoms.